The average Bonchev–Trinajstić information content (AvgIpc) is 1.82. The minimum absolute atomic E-state index is 0.151. The molecule has 2 atom stereocenters. The van der Waals surface area contributed by atoms with Crippen molar-refractivity contribution in [1.82, 2.24) is 0 Å². The van der Waals surface area contributed by atoms with Gasteiger partial charge in [-0.3, -0.25) is 0 Å². The predicted octanol–water partition coefficient (Wildman–Crippen LogP) is 1.52. The Morgan fingerprint density at radius 2 is 1.92 bits per heavy atom. The molecule has 1 rings (SSSR count). The quantitative estimate of drug-likeness (QED) is 0.628. The first-order valence-corrected chi connectivity index (χ1v) is 4.75. The number of hydrogen-bond donors (Lipinski definition) is 2. The lowest BCUT2D eigenvalue weighted by molar-refractivity contribution is -0.00501. The highest BCUT2D eigenvalue weighted by atomic mass is 16.3. The second kappa shape index (κ2) is 3.00. The van der Waals surface area contributed by atoms with Crippen LogP contribution in [-0.2, 0) is 0 Å². The van der Waals surface area contributed by atoms with E-state index in [1.165, 1.54) is 0 Å². The molecule has 1 aliphatic carbocycles. The molecule has 0 aliphatic heterocycles. The molecule has 72 valence electrons. The molecular formula is C10H21NO. The normalized spacial score (nSPS) is 41.2. The van der Waals surface area contributed by atoms with Gasteiger partial charge in [0.15, 0.2) is 0 Å². The van der Waals surface area contributed by atoms with Crippen LogP contribution in [0.25, 0.3) is 0 Å². The van der Waals surface area contributed by atoms with Crippen molar-refractivity contribution in [2.45, 2.75) is 46.1 Å². The van der Waals surface area contributed by atoms with Crippen LogP contribution < -0.4 is 5.73 Å². The molecule has 1 saturated carbocycles. The highest BCUT2D eigenvalue weighted by molar-refractivity contribution is 4.91. The van der Waals surface area contributed by atoms with E-state index in [4.69, 9.17) is 5.73 Å². The highest BCUT2D eigenvalue weighted by Gasteiger charge is 2.39. The van der Waals surface area contributed by atoms with E-state index in [2.05, 4.69) is 20.8 Å². The largest absolute Gasteiger partial charge is 0.393 e. The molecule has 0 saturated heterocycles. The van der Waals surface area contributed by atoms with Crippen LogP contribution in [-0.4, -0.2) is 17.8 Å². The van der Waals surface area contributed by atoms with E-state index < -0.39 is 0 Å². The summed E-state index contributed by atoms with van der Waals surface area (Å²) in [5.74, 6) is 0. The molecule has 0 spiro atoms. The van der Waals surface area contributed by atoms with Crippen LogP contribution in [0.3, 0.4) is 0 Å². The molecule has 0 radical (unpaired) electrons. The summed E-state index contributed by atoms with van der Waals surface area (Å²) in [6.45, 7) is 7.29. The van der Waals surface area contributed by atoms with Crippen molar-refractivity contribution in [2.75, 3.05) is 6.54 Å². The van der Waals surface area contributed by atoms with Crippen LogP contribution in [0, 0.1) is 10.8 Å². The zero-order chi connectivity index (χ0) is 9.41. The van der Waals surface area contributed by atoms with Crippen LogP contribution in [0.1, 0.15) is 40.0 Å². The Kier molecular flexibility index (Phi) is 2.50. The minimum atomic E-state index is -0.151. The van der Waals surface area contributed by atoms with Gasteiger partial charge in [0.1, 0.15) is 0 Å². The summed E-state index contributed by atoms with van der Waals surface area (Å²) in [5, 5.41) is 9.66. The van der Waals surface area contributed by atoms with Crippen molar-refractivity contribution in [3.8, 4) is 0 Å². The molecule has 2 heteroatoms. The zero-order valence-corrected chi connectivity index (χ0v) is 8.43. The summed E-state index contributed by atoms with van der Waals surface area (Å²) in [6.07, 6.45) is 2.77. The SMILES string of the molecule is CC1(C)C[C@H](O)C[C@](C)(CN)C1. The molecular weight excluding hydrogens is 150 g/mol. The van der Waals surface area contributed by atoms with Gasteiger partial charge >= 0.3 is 0 Å². The van der Waals surface area contributed by atoms with E-state index in [0.29, 0.717) is 6.54 Å². The molecule has 1 aliphatic rings. The zero-order valence-electron chi connectivity index (χ0n) is 8.43. The van der Waals surface area contributed by atoms with Crippen molar-refractivity contribution in [3.05, 3.63) is 0 Å². The Morgan fingerprint density at radius 1 is 1.33 bits per heavy atom. The Hall–Kier alpha value is -0.0800. The summed E-state index contributed by atoms with van der Waals surface area (Å²) in [5.41, 5.74) is 6.12. The van der Waals surface area contributed by atoms with Crippen LogP contribution in [0.15, 0.2) is 0 Å². The van der Waals surface area contributed by atoms with Crippen molar-refractivity contribution < 1.29 is 5.11 Å². The van der Waals surface area contributed by atoms with E-state index in [-0.39, 0.29) is 16.9 Å². The number of aliphatic hydroxyl groups is 1. The molecule has 3 N–H and O–H groups in total. The van der Waals surface area contributed by atoms with Crippen molar-refractivity contribution in [2.24, 2.45) is 16.6 Å². The highest BCUT2D eigenvalue weighted by Crippen LogP contribution is 2.45. The minimum Gasteiger partial charge on any atom is -0.393 e. The average molecular weight is 171 g/mol. The monoisotopic (exact) mass is 171 g/mol. The maximum Gasteiger partial charge on any atom is 0.0551 e. The van der Waals surface area contributed by atoms with E-state index in [0.717, 1.165) is 19.3 Å². The fraction of sp³-hybridized carbons (Fsp3) is 1.00. The maximum absolute atomic E-state index is 9.66. The van der Waals surface area contributed by atoms with Gasteiger partial charge in [-0.05, 0) is 36.6 Å². The van der Waals surface area contributed by atoms with E-state index in [1.807, 2.05) is 0 Å². The second-order valence-electron chi connectivity index (χ2n) is 5.42. The van der Waals surface area contributed by atoms with E-state index in [1.54, 1.807) is 0 Å². The van der Waals surface area contributed by atoms with E-state index in [9.17, 15) is 5.11 Å². The van der Waals surface area contributed by atoms with Gasteiger partial charge in [-0.15, -0.1) is 0 Å². The van der Waals surface area contributed by atoms with Crippen molar-refractivity contribution >= 4 is 0 Å². The molecule has 12 heavy (non-hydrogen) atoms. The smallest absolute Gasteiger partial charge is 0.0551 e. The molecule has 0 aromatic carbocycles. The Bertz CT molecular complexity index is 167. The lowest BCUT2D eigenvalue weighted by Crippen LogP contribution is -2.42. The molecule has 2 nitrogen and oxygen atoms in total. The van der Waals surface area contributed by atoms with Gasteiger partial charge in [0.2, 0.25) is 0 Å². The Morgan fingerprint density at radius 3 is 2.33 bits per heavy atom. The summed E-state index contributed by atoms with van der Waals surface area (Å²) in [6, 6.07) is 0. The first-order chi connectivity index (χ1) is 5.37. The standard InChI is InChI=1S/C10H21NO/c1-9(2)4-8(12)5-10(3,6-9)7-11/h8,12H,4-7,11H2,1-3H3/t8-,10-/m0/s1. The van der Waals surface area contributed by atoms with Crippen LogP contribution in [0.5, 0.6) is 0 Å². The van der Waals surface area contributed by atoms with Crippen molar-refractivity contribution in [3.63, 3.8) is 0 Å². The third kappa shape index (κ3) is 2.20. The second-order valence-corrected chi connectivity index (χ2v) is 5.42. The van der Waals surface area contributed by atoms with Gasteiger partial charge in [-0.2, -0.15) is 0 Å². The molecule has 0 bridgehead atoms. The van der Waals surface area contributed by atoms with E-state index >= 15 is 0 Å². The molecule has 0 aromatic heterocycles. The Balaban J connectivity index is 2.70. The number of aliphatic hydroxyl groups excluding tert-OH is 1. The molecule has 0 heterocycles. The van der Waals surface area contributed by atoms with Crippen LogP contribution >= 0.6 is 0 Å². The number of rotatable bonds is 1. The lowest BCUT2D eigenvalue weighted by atomic mass is 9.63. The maximum atomic E-state index is 9.66. The number of hydrogen-bond acceptors (Lipinski definition) is 2. The fourth-order valence-corrected chi connectivity index (χ4v) is 2.73. The topological polar surface area (TPSA) is 46.2 Å². The summed E-state index contributed by atoms with van der Waals surface area (Å²) >= 11 is 0. The van der Waals surface area contributed by atoms with Gasteiger partial charge in [-0.1, -0.05) is 20.8 Å². The third-order valence-electron chi connectivity index (χ3n) is 2.91. The summed E-state index contributed by atoms with van der Waals surface area (Å²) in [7, 11) is 0. The lowest BCUT2D eigenvalue weighted by Gasteiger charge is -2.44. The molecule has 1 fully saturated rings. The first-order valence-electron chi connectivity index (χ1n) is 4.75. The van der Waals surface area contributed by atoms with Crippen LogP contribution in [0.2, 0.25) is 0 Å². The van der Waals surface area contributed by atoms with Gasteiger partial charge < -0.3 is 10.8 Å². The predicted molar refractivity (Wildman–Crippen MR) is 50.8 cm³/mol. The van der Waals surface area contributed by atoms with Gasteiger partial charge in [-0.25, -0.2) is 0 Å². The summed E-state index contributed by atoms with van der Waals surface area (Å²) < 4.78 is 0. The van der Waals surface area contributed by atoms with Gasteiger partial charge in [0, 0.05) is 0 Å². The van der Waals surface area contributed by atoms with Crippen molar-refractivity contribution in [1.29, 1.82) is 0 Å². The fourth-order valence-electron chi connectivity index (χ4n) is 2.73. The summed E-state index contributed by atoms with van der Waals surface area (Å²) in [4.78, 5) is 0. The molecule has 0 aromatic rings. The molecule has 0 amide bonds. The molecule has 0 unspecified atom stereocenters. The Labute approximate surface area is 75.2 Å². The van der Waals surface area contributed by atoms with Gasteiger partial charge in [0.25, 0.3) is 0 Å². The van der Waals surface area contributed by atoms with Gasteiger partial charge in [0.05, 0.1) is 6.10 Å². The number of nitrogens with two attached hydrogens (primary N) is 1. The first kappa shape index (κ1) is 10.0. The third-order valence-corrected chi connectivity index (χ3v) is 2.91. The van der Waals surface area contributed by atoms with Crippen LogP contribution in [0.4, 0.5) is 0 Å².